The van der Waals surface area contributed by atoms with E-state index in [0.29, 0.717) is 23.7 Å². The Balaban J connectivity index is 3.93. The van der Waals surface area contributed by atoms with Gasteiger partial charge in [-0.05, 0) is 38.2 Å². The number of carbonyl (C=O) groups is 2. The molecule has 6 heteroatoms. The second kappa shape index (κ2) is 15.4. The van der Waals surface area contributed by atoms with E-state index in [2.05, 4.69) is 13.2 Å². The molecule has 0 saturated heterocycles. The van der Waals surface area contributed by atoms with Crippen LogP contribution in [0.1, 0.15) is 25.7 Å². The molecule has 0 aromatic carbocycles. The van der Waals surface area contributed by atoms with E-state index in [-0.39, 0.29) is 0 Å². The Morgan fingerprint density at radius 3 is 1.54 bits per heavy atom. The summed E-state index contributed by atoms with van der Waals surface area (Å²) >= 11 is 3.44. The molecule has 0 aliphatic carbocycles. The van der Waals surface area contributed by atoms with E-state index in [4.69, 9.17) is 9.47 Å². The fourth-order valence-electron chi connectivity index (χ4n) is 1.85. The number of allylic oxidation sites excluding steroid dienone is 2. The van der Waals surface area contributed by atoms with Crippen molar-refractivity contribution in [1.29, 1.82) is 0 Å². The highest BCUT2D eigenvalue weighted by Gasteiger charge is 2.08. The molecule has 0 aromatic rings. The van der Waals surface area contributed by atoms with E-state index in [1.165, 1.54) is 0 Å². The fourth-order valence-corrected chi connectivity index (χ4v) is 3.17. The predicted octanol–water partition coefficient (Wildman–Crippen LogP) is 4.02. The first kappa shape index (κ1) is 22.9. The molecule has 0 fully saturated rings. The maximum absolute atomic E-state index is 11.5. The normalized spacial score (nSPS) is 13.2. The van der Waals surface area contributed by atoms with E-state index in [0.717, 1.165) is 37.8 Å². The van der Waals surface area contributed by atoms with Crippen molar-refractivity contribution in [2.45, 2.75) is 36.2 Å². The van der Waals surface area contributed by atoms with E-state index < -0.39 is 11.9 Å². The first-order valence-corrected chi connectivity index (χ1v) is 10.4. The molecule has 0 spiro atoms. The Labute approximate surface area is 154 Å². The van der Waals surface area contributed by atoms with Crippen LogP contribution in [-0.2, 0) is 19.1 Å². The molecular formula is C18H28O4S2. The minimum atomic E-state index is -0.529. The molecule has 4 nitrogen and oxygen atoms in total. The van der Waals surface area contributed by atoms with Crippen LogP contribution < -0.4 is 0 Å². The average molecular weight is 373 g/mol. The topological polar surface area (TPSA) is 52.6 Å². The van der Waals surface area contributed by atoms with E-state index in [1.54, 1.807) is 23.5 Å². The Kier molecular flexibility index (Phi) is 14.7. The van der Waals surface area contributed by atoms with Gasteiger partial charge in [-0.25, -0.2) is 9.59 Å². The average Bonchev–Trinajstić information content (AvgIpc) is 2.58. The van der Waals surface area contributed by atoms with Crippen LogP contribution in [0, 0.1) is 0 Å². The maximum Gasteiger partial charge on any atom is 0.331 e. The molecule has 2 unspecified atom stereocenters. The summed E-state index contributed by atoms with van der Waals surface area (Å²) < 4.78 is 10.1. The van der Waals surface area contributed by atoms with Crippen LogP contribution >= 0.6 is 23.5 Å². The van der Waals surface area contributed by atoms with Crippen LogP contribution in [0.3, 0.4) is 0 Å². The lowest BCUT2D eigenvalue weighted by atomic mass is 10.2. The molecular weight excluding hydrogens is 344 g/mol. The lowest BCUT2D eigenvalue weighted by molar-refractivity contribution is -0.140. The van der Waals surface area contributed by atoms with Gasteiger partial charge in [0.1, 0.15) is 0 Å². The molecule has 24 heavy (non-hydrogen) atoms. The predicted molar refractivity (Wildman–Crippen MR) is 105 cm³/mol. The SMILES string of the molecule is C=CCC(CCOC(=O)/C=C\C(=O)OCCC(CC=C)SC)SC. The summed E-state index contributed by atoms with van der Waals surface area (Å²) in [6, 6.07) is 0. The Morgan fingerprint density at radius 2 is 1.25 bits per heavy atom. The van der Waals surface area contributed by atoms with Crippen LogP contribution in [-0.4, -0.2) is 48.2 Å². The van der Waals surface area contributed by atoms with Gasteiger partial charge < -0.3 is 9.47 Å². The molecule has 0 aliphatic heterocycles. The van der Waals surface area contributed by atoms with Crippen molar-refractivity contribution in [2.75, 3.05) is 25.7 Å². The van der Waals surface area contributed by atoms with Crippen molar-refractivity contribution < 1.29 is 19.1 Å². The molecule has 0 N–H and O–H groups in total. The lowest BCUT2D eigenvalue weighted by Gasteiger charge is -2.11. The van der Waals surface area contributed by atoms with E-state index in [1.807, 2.05) is 24.7 Å². The minimum absolute atomic E-state index is 0.328. The lowest BCUT2D eigenvalue weighted by Crippen LogP contribution is -2.11. The van der Waals surface area contributed by atoms with Gasteiger partial charge in [-0.3, -0.25) is 0 Å². The molecule has 136 valence electrons. The first-order chi connectivity index (χ1) is 11.6. The maximum atomic E-state index is 11.5. The van der Waals surface area contributed by atoms with Gasteiger partial charge in [0.2, 0.25) is 0 Å². The quantitative estimate of drug-likeness (QED) is 0.261. The van der Waals surface area contributed by atoms with Gasteiger partial charge in [0.15, 0.2) is 0 Å². The third-order valence-corrected chi connectivity index (χ3v) is 5.44. The van der Waals surface area contributed by atoms with Crippen LogP contribution in [0.15, 0.2) is 37.5 Å². The summed E-state index contributed by atoms with van der Waals surface area (Å²) in [7, 11) is 0. The summed E-state index contributed by atoms with van der Waals surface area (Å²) in [5.41, 5.74) is 0. The van der Waals surface area contributed by atoms with Crippen molar-refractivity contribution in [3.63, 3.8) is 0 Å². The van der Waals surface area contributed by atoms with Gasteiger partial charge in [-0.2, -0.15) is 23.5 Å². The van der Waals surface area contributed by atoms with Gasteiger partial charge in [-0.1, -0.05) is 12.2 Å². The van der Waals surface area contributed by atoms with Crippen molar-refractivity contribution in [3.05, 3.63) is 37.5 Å². The Bertz CT molecular complexity index is 383. The molecule has 0 heterocycles. The molecule has 0 amide bonds. The van der Waals surface area contributed by atoms with Crippen molar-refractivity contribution in [2.24, 2.45) is 0 Å². The van der Waals surface area contributed by atoms with Crippen molar-refractivity contribution in [3.8, 4) is 0 Å². The third-order valence-electron chi connectivity index (χ3n) is 3.25. The fraction of sp³-hybridized carbons (Fsp3) is 0.556. The van der Waals surface area contributed by atoms with Crippen LogP contribution in [0.4, 0.5) is 0 Å². The molecule has 0 rings (SSSR count). The van der Waals surface area contributed by atoms with Gasteiger partial charge in [0.25, 0.3) is 0 Å². The number of ether oxygens (including phenoxy) is 2. The summed E-state index contributed by atoms with van der Waals surface area (Å²) in [5, 5.41) is 0.786. The number of esters is 2. The van der Waals surface area contributed by atoms with E-state index >= 15 is 0 Å². The molecule has 0 saturated carbocycles. The minimum Gasteiger partial charge on any atom is -0.462 e. The summed E-state index contributed by atoms with van der Waals surface area (Å²) in [6.45, 7) is 8.06. The van der Waals surface area contributed by atoms with Gasteiger partial charge in [0, 0.05) is 22.7 Å². The summed E-state index contributed by atoms with van der Waals surface area (Å²) in [4.78, 5) is 23.1. The number of hydrogen-bond acceptors (Lipinski definition) is 6. The van der Waals surface area contributed by atoms with Gasteiger partial charge in [-0.15, -0.1) is 13.2 Å². The molecule has 0 bridgehead atoms. The van der Waals surface area contributed by atoms with Crippen LogP contribution in [0.5, 0.6) is 0 Å². The van der Waals surface area contributed by atoms with Crippen molar-refractivity contribution in [1.82, 2.24) is 0 Å². The molecule has 2 atom stereocenters. The van der Waals surface area contributed by atoms with Gasteiger partial charge >= 0.3 is 11.9 Å². The Morgan fingerprint density at radius 1 is 0.875 bits per heavy atom. The molecule has 0 aromatic heterocycles. The zero-order chi connectivity index (χ0) is 18.2. The second-order valence-electron chi connectivity index (χ2n) is 5.01. The number of thioether (sulfide) groups is 2. The van der Waals surface area contributed by atoms with Crippen LogP contribution in [0.2, 0.25) is 0 Å². The Hall–Kier alpha value is -1.14. The number of hydrogen-bond donors (Lipinski definition) is 0. The highest BCUT2D eigenvalue weighted by Crippen LogP contribution is 2.16. The standard InChI is InChI=1S/C18H28O4S2/c1-5-7-15(23-3)11-13-21-17(19)9-10-18(20)22-14-12-16(24-4)8-6-2/h5-6,9-10,15-16H,1-2,7-8,11-14H2,3-4H3/b10-9-. The first-order valence-electron chi connectivity index (χ1n) is 7.86. The molecule has 0 radical (unpaired) electrons. The zero-order valence-electron chi connectivity index (χ0n) is 14.6. The van der Waals surface area contributed by atoms with Gasteiger partial charge in [0.05, 0.1) is 13.2 Å². The summed E-state index contributed by atoms with van der Waals surface area (Å²) in [6.07, 6.45) is 13.2. The van der Waals surface area contributed by atoms with Crippen molar-refractivity contribution >= 4 is 35.5 Å². The zero-order valence-corrected chi connectivity index (χ0v) is 16.2. The number of rotatable bonds is 14. The largest absolute Gasteiger partial charge is 0.462 e. The summed E-state index contributed by atoms with van der Waals surface area (Å²) in [5.74, 6) is -1.06. The highest BCUT2D eigenvalue weighted by atomic mass is 32.2. The third kappa shape index (κ3) is 12.3. The van der Waals surface area contributed by atoms with E-state index in [9.17, 15) is 9.59 Å². The van der Waals surface area contributed by atoms with Crippen LogP contribution in [0.25, 0.3) is 0 Å². The monoisotopic (exact) mass is 372 g/mol. The second-order valence-corrected chi connectivity index (χ2v) is 7.29. The highest BCUT2D eigenvalue weighted by molar-refractivity contribution is 7.99. The smallest absolute Gasteiger partial charge is 0.331 e. The molecule has 0 aliphatic rings. The number of carbonyl (C=O) groups excluding carboxylic acids is 2.